The Hall–Kier alpha value is -0.910. The Bertz CT molecular complexity index is 606. The smallest absolute Gasteiger partial charge is 0.243 e. The van der Waals surface area contributed by atoms with E-state index in [0.717, 1.165) is 24.0 Å². The van der Waals surface area contributed by atoms with Gasteiger partial charge >= 0.3 is 0 Å². The Labute approximate surface area is 127 Å². The van der Waals surface area contributed by atoms with Crippen LogP contribution >= 0.6 is 0 Å². The molecule has 1 fully saturated rings. The molecule has 0 atom stereocenters. The number of aliphatic hydroxyl groups is 1. The molecule has 1 saturated carbocycles. The zero-order chi connectivity index (χ0) is 15.6. The summed E-state index contributed by atoms with van der Waals surface area (Å²) in [4.78, 5) is 0.340. The summed E-state index contributed by atoms with van der Waals surface area (Å²) in [5.74, 6) is 0.502. The molecule has 21 heavy (non-hydrogen) atoms. The molecule has 0 unspecified atom stereocenters. The zero-order valence-corrected chi connectivity index (χ0v) is 13.9. The zero-order valence-electron chi connectivity index (χ0n) is 13.1. The van der Waals surface area contributed by atoms with Crippen LogP contribution < -0.4 is 0 Å². The van der Waals surface area contributed by atoms with Crippen molar-refractivity contribution in [2.45, 2.75) is 51.5 Å². The summed E-state index contributed by atoms with van der Waals surface area (Å²) in [5.41, 5.74) is 2.33. The minimum atomic E-state index is -3.49. The Kier molecular flexibility index (Phi) is 5.07. The minimum Gasteiger partial charge on any atom is -0.392 e. The standard InChI is InChI=1S/C16H25NO3S/c1-4-17(10-14-6-5-7-14)21(19,20)16-9-15(11-18)8-12(2)13(16)3/h8-9,14,18H,4-7,10-11H2,1-3H3. The first kappa shape index (κ1) is 16.5. The van der Waals surface area contributed by atoms with Crippen molar-refractivity contribution in [1.82, 2.24) is 4.31 Å². The van der Waals surface area contributed by atoms with Gasteiger partial charge in [0.15, 0.2) is 0 Å². The molecule has 0 heterocycles. The maximum absolute atomic E-state index is 12.9. The highest BCUT2D eigenvalue weighted by Crippen LogP contribution is 2.30. The van der Waals surface area contributed by atoms with Crippen molar-refractivity contribution >= 4 is 10.0 Å². The summed E-state index contributed by atoms with van der Waals surface area (Å²) in [6.07, 6.45) is 3.46. The van der Waals surface area contributed by atoms with Crippen LogP contribution in [-0.4, -0.2) is 30.9 Å². The summed E-state index contributed by atoms with van der Waals surface area (Å²) < 4.78 is 27.4. The lowest BCUT2D eigenvalue weighted by Gasteiger charge is -2.31. The SMILES string of the molecule is CCN(CC1CCC1)S(=O)(=O)c1cc(CO)cc(C)c1C. The highest BCUT2D eigenvalue weighted by molar-refractivity contribution is 7.89. The van der Waals surface area contributed by atoms with Crippen LogP contribution in [0.1, 0.15) is 42.9 Å². The van der Waals surface area contributed by atoms with Gasteiger partial charge in [-0.15, -0.1) is 0 Å². The van der Waals surface area contributed by atoms with E-state index in [1.54, 1.807) is 10.4 Å². The Morgan fingerprint density at radius 1 is 1.29 bits per heavy atom. The van der Waals surface area contributed by atoms with Crippen molar-refractivity contribution in [2.75, 3.05) is 13.1 Å². The third kappa shape index (κ3) is 3.30. The normalized spacial score (nSPS) is 16.2. The van der Waals surface area contributed by atoms with Gasteiger partial charge in [-0.25, -0.2) is 8.42 Å². The van der Waals surface area contributed by atoms with Crippen LogP contribution in [0.2, 0.25) is 0 Å². The number of benzene rings is 1. The van der Waals surface area contributed by atoms with Crippen molar-refractivity contribution in [2.24, 2.45) is 5.92 Å². The summed E-state index contributed by atoms with van der Waals surface area (Å²) in [6, 6.07) is 3.46. The van der Waals surface area contributed by atoms with Gasteiger partial charge in [-0.2, -0.15) is 4.31 Å². The second-order valence-electron chi connectivity index (χ2n) is 5.95. The molecule has 4 nitrogen and oxygen atoms in total. The van der Waals surface area contributed by atoms with Crippen LogP contribution in [0.4, 0.5) is 0 Å². The molecule has 2 rings (SSSR count). The molecule has 0 aliphatic heterocycles. The van der Waals surface area contributed by atoms with Crippen molar-refractivity contribution in [3.05, 3.63) is 28.8 Å². The van der Waals surface area contributed by atoms with Gasteiger partial charge in [0.1, 0.15) is 0 Å². The third-order valence-corrected chi connectivity index (χ3v) is 6.59. The number of hydrogen-bond donors (Lipinski definition) is 1. The first-order valence-corrected chi connectivity index (χ1v) is 9.05. The molecular weight excluding hydrogens is 286 g/mol. The van der Waals surface area contributed by atoms with Gasteiger partial charge in [0.05, 0.1) is 11.5 Å². The number of sulfonamides is 1. The molecule has 5 heteroatoms. The van der Waals surface area contributed by atoms with Crippen LogP contribution in [0, 0.1) is 19.8 Å². The molecule has 1 aromatic rings. The van der Waals surface area contributed by atoms with E-state index in [0.29, 0.717) is 29.5 Å². The predicted octanol–water partition coefficient (Wildman–Crippen LogP) is 2.61. The van der Waals surface area contributed by atoms with Crippen LogP contribution in [0.25, 0.3) is 0 Å². The van der Waals surface area contributed by atoms with Gasteiger partial charge < -0.3 is 5.11 Å². The average molecular weight is 311 g/mol. The fraction of sp³-hybridized carbons (Fsp3) is 0.625. The van der Waals surface area contributed by atoms with E-state index in [-0.39, 0.29) is 6.61 Å². The van der Waals surface area contributed by atoms with Gasteiger partial charge in [-0.1, -0.05) is 19.4 Å². The molecule has 0 bridgehead atoms. The highest BCUT2D eigenvalue weighted by atomic mass is 32.2. The summed E-state index contributed by atoms with van der Waals surface area (Å²) in [6.45, 7) is 6.56. The fourth-order valence-electron chi connectivity index (χ4n) is 2.76. The molecule has 0 spiro atoms. The monoisotopic (exact) mass is 311 g/mol. The predicted molar refractivity (Wildman–Crippen MR) is 83.6 cm³/mol. The number of aryl methyl sites for hydroxylation is 1. The summed E-state index contributed by atoms with van der Waals surface area (Å²) in [5, 5.41) is 9.32. The summed E-state index contributed by atoms with van der Waals surface area (Å²) in [7, 11) is -3.49. The molecule has 0 radical (unpaired) electrons. The molecule has 0 amide bonds. The van der Waals surface area contributed by atoms with Gasteiger partial charge in [0, 0.05) is 13.1 Å². The number of rotatable bonds is 6. The fourth-order valence-corrected chi connectivity index (χ4v) is 4.63. The van der Waals surface area contributed by atoms with E-state index >= 15 is 0 Å². The Morgan fingerprint density at radius 3 is 2.43 bits per heavy atom. The molecule has 0 saturated heterocycles. The maximum atomic E-state index is 12.9. The van der Waals surface area contributed by atoms with E-state index in [1.807, 2.05) is 26.8 Å². The molecular formula is C16H25NO3S. The third-order valence-electron chi connectivity index (χ3n) is 4.52. The Balaban J connectivity index is 2.39. The minimum absolute atomic E-state index is 0.140. The largest absolute Gasteiger partial charge is 0.392 e. The molecule has 1 aromatic carbocycles. The second-order valence-corrected chi connectivity index (χ2v) is 7.85. The van der Waals surface area contributed by atoms with E-state index in [1.165, 1.54) is 6.42 Å². The molecule has 0 aromatic heterocycles. The molecule has 1 N–H and O–H groups in total. The number of aliphatic hydroxyl groups excluding tert-OH is 1. The lowest BCUT2D eigenvalue weighted by molar-refractivity contribution is 0.250. The Morgan fingerprint density at radius 2 is 1.95 bits per heavy atom. The van der Waals surface area contributed by atoms with Gasteiger partial charge in [-0.05, 0) is 55.4 Å². The quantitative estimate of drug-likeness (QED) is 0.878. The van der Waals surface area contributed by atoms with E-state index in [9.17, 15) is 13.5 Å². The topological polar surface area (TPSA) is 57.6 Å². The van der Waals surface area contributed by atoms with E-state index in [2.05, 4.69) is 0 Å². The lowest BCUT2D eigenvalue weighted by atomic mass is 9.85. The second kappa shape index (κ2) is 6.46. The van der Waals surface area contributed by atoms with Crippen molar-refractivity contribution < 1.29 is 13.5 Å². The van der Waals surface area contributed by atoms with E-state index < -0.39 is 10.0 Å². The van der Waals surface area contributed by atoms with Crippen molar-refractivity contribution in [1.29, 1.82) is 0 Å². The van der Waals surface area contributed by atoms with Gasteiger partial charge in [0.2, 0.25) is 10.0 Å². The number of hydrogen-bond acceptors (Lipinski definition) is 3. The molecule has 1 aliphatic rings. The van der Waals surface area contributed by atoms with Gasteiger partial charge in [0.25, 0.3) is 0 Å². The first-order valence-electron chi connectivity index (χ1n) is 7.61. The van der Waals surface area contributed by atoms with Crippen LogP contribution in [-0.2, 0) is 16.6 Å². The molecule has 1 aliphatic carbocycles. The van der Waals surface area contributed by atoms with Crippen molar-refractivity contribution in [3.8, 4) is 0 Å². The van der Waals surface area contributed by atoms with Crippen LogP contribution in [0.3, 0.4) is 0 Å². The van der Waals surface area contributed by atoms with Crippen LogP contribution in [0.15, 0.2) is 17.0 Å². The van der Waals surface area contributed by atoms with Gasteiger partial charge in [-0.3, -0.25) is 0 Å². The average Bonchev–Trinajstić information content (AvgIpc) is 2.40. The first-order chi connectivity index (χ1) is 9.90. The number of nitrogens with zero attached hydrogens (tertiary/aromatic N) is 1. The highest BCUT2D eigenvalue weighted by Gasteiger charge is 2.30. The maximum Gasteiger partial charge on any atom is 0.243 e. The van der Waals surface area contributed by atoms with Crippen molar-refractivity contribution in [3.63, 3.8) is 0 Å². The summed E-state index contributed by atoms with van der Waals surface area (Å²) >= 11 is 0. The van der Waals surface area contributed by atoms with Crippen LogP contribution in [0.5, 0.6) is 0 Å². The van der Waals surface area contributed by atoms with E-state index in [4.69, 9.17) is 0 Å². The lowest BCUT2D eigenvalue weighted by Crippen LogP contribution is -2.37. The molecule has 118 valence electrons.